The van der Waals surface area contributed by atoms with Gasteiger partial charge in [-0.2, -0.15) is 0 Å². The first-order valence-electron chi connectivity index (χ1n) is 10.3. The van der Waals surface area contributed by atoms with Crippen molar-refractivity contribution in [2.45, 2.75) is 40.0 Å². The minimum absolute atomic E-state index is 0.243. The molecule has 0 radical (unpaired) electrons. The van der Waals surface area contributed by atoms with Gasteiger partial charge in [0.05, 0.1) is 16.9 Å². The number of allylic oxidation sites excluding steroid dienone is 4. The van der Waals surface area contributed by atoms with Gasteiger partial charge in [0, 0.05) is 26.2 Å². The molecule has 2 N–H and O–H groups in total. The van der Waals surface area contributed by atoms with Crippen molar-refractivity contribution in [3.8, 4) is 5.75 Å². The molecule has 1 aliphatic heterocycles. The van der Waals surface area contributed by atoms with E-state index in [-0.39, 0.29) is 5.56 Å². The molecule has 1 saturated heterocycles. The summed E-state index contributed by atoms with van der Waals surface area (Å²) in [5, 5.41) is 11.8. The summed E-state index contributed by atoms with van der Waals surface area (Å²) in [6.07, 6.45) is 10.4. The largest absolute Gasteiger partial charge is 0.478 e. The number of hydrazine groups is 1. The number of nitrogens with one attached hydrogen (secondary N) is 1. The summed E-state index contributed by atoms with van der Waals surface area (Å²) in [7, 11) is 0. The van der Waals surface area contributed by atoms with Gasteiger partial charge in [0.15, 0.2) is 5.75 Å². The lowest BCUT2D eigenvalue weighted by Gasteiger charge is -2.29. The van der Waals surface area contributed by atoms with Crippen LogP contribution in [0.3, 0.4) is 0 Å². The minimum atomic E-state index is -0.951. The Hall–Kier alpha value is -2.73. The molecule has 2 rings (SSSR count). The molecule has 0 saturated carbocycles. The van der Waals surface area contributed by atoms with E-state index in [2.05, 4.69) is 35.8 Å². The second-order valence-electron chi connectivity index (χ2n) is 6.95. The molecule has 6 heteroatoms. The van der Waals surface area contributed by atoms with Crippen molar-refractivity contribution in [3.05, 3.63) is 54.3 Å². The second-order valence-corrected chi connectivity index (χ2v) is 6.95. The zero-order valence-electron chi connectivity index (χ0n) is 17.8. The molecule has 158 valence electrons. The number of anilines is 2. The van der Waals surface area contributed by atoms with Crippen LogP contribution in [0.5, 0.6) is 5.75 Å². The maximum absolute atomic E-state index is 11.8. The van der Waals surface area contributed by atoms with E-state index >= 15 is 0 Å². The SMILES string of the molecule is C=C/C=C\C(=C/C)Oc1c(NN2CCCC2)cc(C(=O)O)cc1N(CC)CCC. The Morgan fingerprint density at radius 1 is 1.34 bits per heavy atom. The maximum Gasteiger partial charge on any atom is 0.335 e. The zero-order chi connectivity index (χ0) is 21.2. The van der Waals surface area contributed by atoms with E-state index in [0.717, 1.165) is 51.1 Å². The molecule has 0 atom stereocenters. The topological polar surface area (TPSA) is 65.0 Å². The molecule has 1 fully saturated rings. The molecule has 1 aromatic rings. The van der Waals surface area contributed by atoms with Crippen LogP contribution in [-0.2, 0) is 0 Å². The fraction of sp³-hybridized carbons (Fsp3) is 0.435. The Morgan fingerprint density at radius 3 is 2.62 bits per heavy atom. The number of carboxylic acid groups (broad SMARTS) is 1. The molecule has 6 nitrogen and oxygen atoms in total. The van der Waals surface area contributed by atoms with Crippen molar-refractivity contribution < 1.29 is 14.6 Å². The summed E-state index contributed by atoms with van der Waals surface area (Å²) >= 11 is 0. The highest BCUT2D eigenvalue weighted by Gasteiger charge is 2.22. The fourth-order valence-corrected chi connectivity index (χ4v) is 3.35. The summed E-state index contributed by atoms with van der Waals surface area (Å²) in [4.78, 5) is 14.0. The summed E-state index contributed by atoms with van der Waals surface area (Å²) in [6.45, 7) is 13.2. The van der Waals surface area contributed by atoms with Gasteiger partial charge in [-0.25, -0.2) is 9.80 Å². The van der Waals surface area contributed by atoms with Gasteiger partial charge >= 0.3 is 5.97 Å². The van der Waals surface area contributed by atoms with Crippen molar-refractivity contribution >= 4 is 17.3 Å². The quantitative estimate of drug-likeness (QED) is 0.400. The number of benzene rings is 1. The zero-order valence-corrected chi connectivity index (χ0v) is 17.8. The molecule has 1 aliphatic rings. The summed E-state index contributed by atoms with van der Waals surface area (Å²) in [5.74, 6) is 0.359. The van der Waals surface area contributed by atoms with Crippen molar-refractivity contribution in [3.63, 3.8) is 0 Å². The highest BCUT2D eigenvalue weighted by Crippen LogP contribution is 2.40. The van der Waals surface area contributed by atoms with Crippen LogP contribution in [0.25, 0.3) is 0 Å². The molecule has 0 aliphatic carbocycles. The van der Waals surface area contributed by atoms with E-state index in [4.69, 9.17) is 4.74 Å². The third-order valence-electron chi connectivity index (χ3n) is 4.82. The van der Waals surface area contributed by atoms with Crippen LogP contribution in [-0.4, -0.2) is 42.3 Å². The number of ether oxygens (including phenoxy) is 1. The van der Waals surface area contributed by atoms with Gasteiger partial charge in [-0.3, -0.25) is 0 Å². The Bertz CT molecular complexity index is 765. The molecule has 0 spiro atoms. The summed E-state index contributed by atoms with van der Waals surface area (Å²) in [6, 6.07) is 3.36. The van der Waals surface area contributed by atoms with Crippen LogP contribution >= 0.6 is 0 Å². The van der Waals surface area contributed by atoms with Crippen LogP contribution in [0.4, 0.5) is 11.4 Å². The second kappa shape index (κ2) is 11.3. The van der Waals surface area contributed by atoms with E-state index in [1.54, 1.807) is 18.2 Å². The van der Waals surface area contributed by atoms with E-state index in [1.165, 1.54) is 0 Å². The molecule has 1 aromatic carbocycles. The number of carboxylic acids is 1. The molecule has 0 unspecified atom stereocenters. The first kappa shape index (κ1) is 22.6. The van der Waals surface area contributed by atoms with Gasteiger partial charge in [-0.1, -0.05) is 25.7 Å². The van der Waals surface area contributed by atoms with Gasteiger partial charge < -0.3 is 20.2 Å². The Labute approximate surface area is 174 Å². The smallest absolute Gasteiger partial charge is 0.335 e. The minimum Gasteiger partial charge on any atom is -0.478 e. The van der Waals surface area contributed by atoms with Crippen molar-refractivity contribution in [2.75, 3.05) is 36.5 Å². The molecule has 29 heavy (non-hydrogen) atoms. The Morgan fingerprint density at radius 2 is 2.07 bits per heavy atom. The molecular formula is C23H33N3O3. The normalized spacial score (nSPS) is 14.9. The van der Waals surface area contributed by atoms with Crippen molar-refractivity contribution in [1.82, 2.24) is 5.01 Å². The maximum atomic E-state index is 11.8. The predicted octanol–water partition coefficient (Wildman–Crippen LogP) is 5.07. The highest BCUT2D eigenvalue weighted by atomic mass is 16.5. The lowest BCUT2D eigenvalue weighted by Crippen LogP contribution is -2.28. The van der Waals surface area contributed by atoms with E-state index in [0.29, 0.717) is 17.2 Å². The first-order valence-corrected chi connectivity index (χ1v) is 10.3. The van der Waals surface area contributed by atoms with Crippen LogP contribution in [0, 0.1) is 0 Å². The van der Waals surface area contributed by atoms with Crippen molar-refractivity contribution in [1.29, 1.82) is 0 Å². The molecular weight excluding hydrogens is 366 g/mol. The predicted molar refractivity (Wildman–Crippen MR) is 120 cm³/mol. The Balaban J connectivity index is 2.59. The van der Waals surface area contributed by atoms with E-state index < -0.39 is 5.97 Å². The summed E-state index contributed by atoms with van der Waals surface area (Å²) < 4.78 is 6.30. The lowest BCUT2D eigenvalue weighted by atomic mass is 10.1. The third-order valence-corrected chi connectivity index (χ3v) is 4.82. The van der Waals surface area contributed by atoms with Crippen LogP contribution in [0.2, 0.25) is 0 Å². The molecule has 0 amide bonds. The number of hydrogen-bond donors (Lipinski definition) is 2. The molecule has 0 aromatic heterocycles. The highest BCUT2D eigenvalue weighted by molar-refractivity contribution is 5.92. The van der Waals surface area contributed by atoms with Gasteiger partial charge in [0.2, 0.25) is 0 Å². The van der Waals surface area contributed by atoms with Crippen LogP contribution in [0.15, 0.2) is 48.8 Å². The van der Waals surface area contributed by atoms with E-state index in [9.17, 15) is 9.90 Å². The third kappa shape index (κ3) is 6.12. The van der Waals surface area contributed by atoms with Crippen molar-refractivity contribution in [2.24, 2.45) is 0 Å². The fourth-order valence-electron chi connectivity index (χ4n) is 3.35. The summed E-state index contributed by atoms with van der Waals surface area (Å²) in [5.41, 5.74) is 5.09. The number of aromatic carboxylic acids is 1. The average molecular weight is 400 g/mol. The average Bonchev–Trinajstić information content (AvgIpc) is 3.23. The number of nitrogens with zero attached hydrogens (tertiary/aromatic N) is 2. The van der Waals surface area contributed by atoms with Gasteiger partial charge in [0.1, 0.15) is 5.76 Å². The standard InChI is InChI=1S/C23H33N3O3/c1-5-9-12-19(7-3)29-22-20(24-26-14-10-11-15-26)16-18(23(27)28)17-21(22)25(8-4)13-6-2/h5,7,9,12,16-17,24H,1,6,8,10-11,13-15H2,2-4H3,(H,27,28)/b12-9-,19-7+. The molecule has 1 heterocycles. The van der Waals surface area contributed by atoms with Gasteiger partial charge in [-0.15, -0.1) is 0 Å². The molecule has 0 bridgehead atoms. The Kier molecular flexibility index (Phi) is 8.80. The monoisotopic (exact) mass is 399 g/mol. The lowest BCUT2D eigenvalue weighted by molar-refractivity contribution is 0.0697. The van der Waals surface area contributed by atoms with Gasteiger partial charge in [0.25, 0.3) is 0 Å². The van der Waals surface area contributed by atoms with E-state index in [1.807, 2.05) is 25.2 Å². The number of hydrogen-bond acceptors (Lipinski definition) is 5. The first-order chi connectivity index (χ1) is 14.0. The van der Waals surface area contributed by atoms with Crippen LogP contribution < -0.4 is 15.1 Å². The van der Waals surface area contributed by atoms with Crippen LogP contribution in [0.1, 0.15) is 50.4 Å². The van der Waals surface area contributed by atoms with Gasteiger partial charge in [-0.05, 0) is 57.4 Å². The number of carbonyl (C=O) groups is 1. The number of rotatable bonds is 11.